The van der Waals surface area contributed by atoms with Crippen LogP contribution in [0, 0.1) is 9.54 Å². The molecule has 1 aromatic carbocycles. The van der Waals surface area contributed by atoms with E-state index in [1.165, 1.54) is 11.1 Å². The number of aromatic nitrogens is 3. The molecule has 2 heterocycles. The zero-order valence-corrected chi connectivity index (χ0v) is 12.2. The first-order valence-electron chi connectivity index (χ1n) is 6.39. The predicted octanol–water partition coefficient (Wildman–Crippen LogP) is 2.31. The van der Waals surface area contributed by atoms with Gasteiger partial charge in [0, 0.05) is 6.54 Å². The first kappa shape index (κ1) is 12.8. The molecule has 2 N–H and O–H groups in total. The highest BCUT2D eigenvalue weighted by molar-refractivity contribution is 7.72. The molecule has 2 aromatic rings. The van der Waals surface area contributed by atoms with Crippen molar-refractivity contribution in [2.24, 2.45) is 5.73 Å². The van der Waals surface area contributed by atoms with Crippen LogP contribution in [0.25, 0.3) is 0 Å². The zero-order chi connectivity index (χ0) is 13.4. The summed E-state index contributed by atoms with van der Waals surface area (Å²) in [5.41, 5.74) is 8.22. The van der Waals surface area contributed by atoms with Crippen LogP contribution >= 0.6 is 24.4 Å². The first-order chi connectivity index (χ1) is 9.22. The number of nitrogens with zero attached hydrogens (tertiary/aromatic N) is 3. The van der Waals surface area contributed by atoms with Crippen LogP contribution in [0.15, 0.2) is 24.3 Å². The molecule has 0 bridgehead atoms. The summed E-state index contributed by atoms with van der Waals surface area (Å²) in [4.78, 5) is 0. The Kier molecular flexibility index (Phi) is 3.38. The van der Waals surface area contributed by atoms with Crippen LogP contribution in [0.2, 0.25) is 0 Å². The molecule has 0 fully saturated rings. The van der Waals surface area contributed by atoms with E-state index in [0.29, 0.717) is 6.54 Å². The lowest BCUT2D eigenvalue weighted by molar-refractivity contribution is 0.475. The molecular formula is C13H16N4S2. The van der Waals surface area contributed by atoms with E-state index in [1.807, 2.05) is 4.57 Å². The van der Waals surface area contributed by atoms with Gasteiger partial charge in [-0.2, -0.15) is 0 Å². The molecule has 0 aliphatic carbocycles. The van der Waals surface area contributed by atoms with Gasteiger partial charge in [0.1, 0.15) is 0 Å². The molecule has 0 atom stereocenters. The minimum absolute atomic E-state index is 0.655. The van der Waals surface area contributed by atoms with Crippen molar-refractivity contribution in [3.63, 3.8) is 0 Å². The number of rotatable bonds is 3. The molecule has 1 aliphatic rings. The lowest BCUT2D eigenvalue weighted by Crippen LogP contribution is -2.21. The Balaban J connectivity index is 2.08. The van der Waals surface area contributed by atoms with Crippen molar-refractivity contribution >= 4 is 24.4 Å². The fraction of sp³-hybridized carbons (Fsp3) is 0.385. The van der Waals surface area contributed by atoms with Gasteiger partial charge in [0.2, 0.25) is 0 Å². The molecule has 19 heavy (non-hydrogen) atoms. The Bertz CT molecular complexity index is 666. The molecule has 4 nitrogen and oxygen atoms in total. The summed E-state index contributed by atoms with van der Waals surface area (Å²) in [6.07, 6.45) is 0.898. The quantitative estimate of drug-likeness (QED) is 0.753. The van der Waals surface area contributed by atoms with Crippen molar-refractivity contribution in [1.82, 2.24) is 13.9 Å². The monoisotopic (exact) mass is 292 g/mol. The molecule has 3 rings (SSSR count). The minimum Gasteiger partial charge on any atom is -0.330 e. The van der Waals surface area contributed by atoms with Crippen molar-refractivity contribution in [3.05, 3.63) is 44.9 Å². The predicted molar refractivity (Wildman–Crippen MR) is 80.4 cm³/mol. The second kappa shape index (κ2) is 5.03. The SMILES string of the molecule is NCCCn1c(=S)n2n(c1=S)Cc1ccccc1C2. The summed E-state index contributed by atoms with van der Waals surface area (Å²) in [7, 11) is 0. The Hall–Kier alpha value is -1.24. The van der Waals surface area contributed by atoms with E-state index in [0.717, 1.165) is 35.6 Å². The molecule has 0 amide bonds. The number of benzene rings is 1. The molecule has 0 radical (unpaired) electrons. The van der Waals surface area contributed by atoms with Gasteiger partial charge in [0.15, 0.2) is 9.54 Å². The number of hydrogen-bond acceptors (Lipinski definition) is 3. The van der Waals surface area contributed by atoms with Crippen molar-refractivity contribution in [2.75, 3.05) is 6.54 Å². The average Bonchev–Trinajstić information content (AvgIpc) is 2.67. The maximum atomic E-state index is 5.57. The fourth-order valence-corrected chi connectivity index (χ4v) is 3.24. The highest BCUT2D eigenvalue weighted by Gasteiger charge is 2.17. The lowest BCUT2D eigenvalue weighted by Gasteiger charge is -2.20. The Morgan fingerprint density at radius 3 is 2.00 bits per heavy atom. The van der Waals surface area contributed by atoms with Gasteiger partial charge in [-0.05, 0) is 48.5 Å². The molecular weight excluding hydrogens is 276 g/mol. The fourth-order valence-electron chi connectivity index (χ4n) is 2.50. The van der Waals surface area contributed by atoms with Crippen LogP contribution < -0.4 is 5.73 Å². The van der Waals surface area contributed by atoms with E-state index in [9.17, 15) is 0 Å². The van der Waals surface area contributed by atoms with Gasteiger partial charge in [0.25, 0.3) is 0 Å². The number of nitrogens with two attached hydrogens (primary N) is 1. The first-order valence-corrected chi connectivity index (χ1v) is 7.21. The van der Waals surface area contributed by atoms with E-state index in [1.54, 1.807) is 0 Å². The average molecular weight is 292 g/mol. The van der Waals surface area contributed by atoms with Crippen molar-refractivity contribution in [1.29, 1.82) is 0 Å². The van der Waals surface area contributed by atoms with Crippen molar-refractivity contribution in [2.45, 2.75) is 26.1 Å². The Morgan fingerprint density at radius 2 is 1.53 bits per heavy atom. The third kappa shape index (κ3) is 2.09. The summed E-state index contributed by atoms with van der Waals surface area (Å²) in [6.45, 7) is 3.06. The molecule has 0 unspecified atom stereocenters. The summed E-state index contributed by atoms with van der Waals surface area (Å²) in [5.74, 6) is 0. The Labute approximate surface area is 122 Å². The van der Waals surface area contributed by atoms with Crippen molar-refractivity contribution in [3.8, 4) is 0 Å². The molecule has 1 aromatic heterocycles. The standard InChI is InChI=1S/C13H16N4S2/c14-6-3-7-15-12(18)16-8-10-4-1-2-5-11(10)9-17(16)13(15)19/h1-2,4-5H,3,6-9,14H2. The van der Waals surface area contributed by atoms with E-state index in [-0.39, 0.29) is 0 Å². The molecule has 0 saturated carbocycles. The Morgan fingerprint density at radius 1 is 1.00 bits per heavy atom. The smallest absolute Gasteiger partial charge is 0.197 e. The number of hydrogen-bond donors (Lipinski definition) is 1. The van der Waals surface area contributed by atoms with Gasteiger partial charge in [-0.3, -0.25) is 13.9 Å². The summed E-state index contributed by atoms with van der Waals surface area (Å²) >= 11 is 11.1. The lowest BCUT2D eigenvalue weighted by atomic mass is 10.1. The topological polar surface area (TPSA) is 40.8 Å². The second-order valence-electron chi connectivity index (χ2n) is 4.74. The van der Waals surface area contributed by atoms with Gasteiger partial charge in [-0.25, -0.2) is 0 Å². The minimum atomic E-state index is 0.655. The molecule has 6 heteroatoms. The van der Waals surface area contributed by atoms with Crippen molar-refractivity contribution < 1.29 is 0 Å². The molecule has 0 spiro atoms. The van der Waals surface area contributed by atoms with Crippen LogP contribution in [0.4, 0.5) is 0 Å². The van der Waals surface area contributed by atoms with Crippen LogP contribution in [0.5, 0.6) is 0 Å². The molecule has 100 valence electrons. The van der Waals surface area contributed by atoms with E-state index >= 15 is 0 Å². The summed E-state index contributed by atoms with van der Waals surface area (Å²) in [6, 6.07) is 8.44. The normalized spacial score (nSPS) is 13.1. The van der Waals surface area contributed by atoms with Gasteiger partial charge in [0.05, 0.1) is 13.1 Å². The second-order valence-corrected chi connectivity index (χ2v) is 5.47. The number of fused-ring (bicyclic) bond motifs is 2. The molecule has 0 saturated heterocycles. The maximum absolute atomic E-state index is 5.57. The third-order valence-corrected chi connectivity index (χ3v) is 4.40. The third-order valence-electron chi connectivity index (χ3n) is 3.54. The highest BCUT2D eigenvalue weighted by Crippen LogP contribution is 2.19. The largest absolute Gasteiger partial charge is 0.330 e. The van der Waals surface area contributed by atoms with Crippen LogP contribution in [-0.4, -0.2) is 20.5 Å². The zero-order valence-electron chi connectivity index (χ0n) is 10.6. The van der Waals surface area contributed by atoms with Crippen LogP contribution in [-0.2, 0) is 19.6 Å². The molecule has 1 aliphatic heterocycles. The van der Waals surface area contributed by atoms with E-state index in [2.05, 4.69) is 33.6 Å². The van der Waals surface area contributed by atoms with Gasteiger partial charge < -0.3 is 5.73 Å². The van der Waals surface area contributed by atoms with Gasteiger partial charge >= 0.3 is 0 Å². The highest BCUT2D eigenvalue weighted by atomic mass is 32.1. The summed E-state index contributed by atoms with van der Waals surface area (Å²) in [5, 5.41) is 0. The van der Waals surface area contributed by atoms with Crippen LogP contribution in [0.3, 0.4) is 0 Å². The van der Waals surface area contributed by atoms with Crippen LogP contribution in [0.1, 0.15) is 17.5 Å². The van der Waals surface area contributed by atoms with E-state index < -0.39 is 0 Å². The summed E-state index contributed by atoms with van der Waals surface area (Å²) < 4.78 is 7.80. The van der Waals surface area contributed by atoms with E-state index in [4.69, 9.17) is 30.2 Å². The van der Waals surface area contributed by atoms with Gasteiger partial charge in [-0.1, -0.05) is 24.3 Å². The maximum Gasteiger partial charge on any atom is 0.197 e. The van der Waals surface area contributed by atoms with Gasteiger partial charge in [-0.15, -0.1) is 0 Å².